The Hall–Kier alpha value is -2.98. The Labute approximate surface area is 169 Å². The maximum Gasteiger partial charge on any atom is 0.317 e. The molecule has 1 aromatic rings. The summed E-state index contributed by atoms with van der Waals surface area (Å²) in [6.07, 6.45) is 0.0510. The minimum atomic E-state index is -0.938. The van der Waals surface area contributed by atoms with Crippen LogP contribution in [0.15, 0.2) is 24.3 Å². The highest BCUT2D eigenvalue weighted by Gasteiger charge is 2.24. The molecule has 1 saturated heterocycles. The van der Waals surface area contributed by atoms with Crippen molar-refractivity contribution in [1.82, 2.24) is 20.4 Å². The molecule has 10 nitrogen and oxygen atoms in total. The zero-order valence-corrected chi connectivity index (χ0v) is 16.2. The first kappa shape index (κ1) is 22.3. The number of piperazine rings is 1. The first-order chi connectivity index (χ1) is 13.9. The molecule has 1 fully saturated rings. The Morgan fingerprint density at radius 3 is 2.10 bits per heavy atom. The molecule has 1 aliphatic heterocycles. The first-order valence-corrected chi connectivity index (χ1v) is 9.45. The van der Waals surface area contributed by atoms with E-state index < -0.39 is 18.3 Å². The molecule has 158 valence electrons. The highest BCUT2D eigenvalue weighted by molar-refractivity contribution is 6.36. The van der Waals surface area contributed by atoms with Gasteiger partial charge in [0, 0.05) is 52.2 Å². The molecule has 1 heterocycles. The van der Waals surface area contributed by atoms with Gasteiger partial charge in [0.1, 0.15) is 6.61 Å². The second kappa shape index (κ2) is 11.1. The fourth-order valence-corrected chi connectivity index (χ4v) is 2.85. The molecule has 29 heavy (non-hydrogen) atoms. The Bertz CT molecular complexity index is 729. The molecule has 4 amide bonds. The standard InChI is InChI=1S/C19H27N5O5/c20-11-14-1-3-15(4-2-14)12-22-19(29)24-9-7-23(8-10-24)17(27)5-6-21-18(28)16(26)13-25/h1-4,25H,5-13,20H2,(H,21,28)(H,22,29). The summed E-state index contributed by atoms with van der Waals surface area (Å²) < 4.78 is 0. The summed E-state index contributed by atoms with van der Waals surface area (Å²) in [5.41, 5.74) is 7.57. The number of carbonyl (C=O) groups excluding carboxylic acids is 4. The number of carbonyl (C=O) groups is 4. The van der Waals surface area contributed by atoms with Crippen molar-refractivity contribution in [2.24, 2.45) is 5.73 Å². The number of benzene rings is 1. The minimum Gasteiger partial charge on any atom is -0.388 e. The molecule has 1 aliphatic rings. The summed E-state index contributed by atoms with van der Waals surface area (Å²) in [5.74, 6) is -2.01. The van der Waals surface area contributed by atoms with Gasteiger partial charge in [0.25, 0.3) is 5.91 Å². The molecule has 0 saturated carbocycles. The number of Topliss-reactive ketones (excluding diaryl/α,β-unsaturated/α-hetero) is 1. The number of nitrogens with two attached hydrogens (primary N) is 1. The lowest BCUT2D eigenvalue weighted by Gasteiger charge is -2.34. The van der Waals surface area contributed by atoms with Gasteiger partial charge in [0.2, 0.25) is 11.7 Å². The van der Waals surface area contributed by atoms with Crippen molar-refractivity contribution in [3.8, 4) is 0 Å². The largest absolute Gasteiger partial charge is 0.388 e. The number of amides is 4. The molecule has 0 bridgehead atoms. The molecule has 0 aliphatic carbocycles. The Kier molecular flexibility index (Phi) is 8.56. The summed E-state index contributed by atoms with van der Waals surface area (Å²) in [6, 6.07) is 7.51. The number of nitrogens with zero attached hydrogens (tertiary/aromatic N) is 2. The van der Waals surface area contributed by atoms with E-state index in [4.69, 9.17) is 10.8 Å². The molecule has 10 heteroatoms. The predicted molar refractivity (Wildman–Crippen MR) is 104 cm³/mol. The molecule has 1 aromatic carbocycles. The van der Waals surface area contributed by atoms with Crippen LogP contribution in [0.2, 0.25) is 0 Å². The third kappa shape index (κ3) is 6.84. The van der Waals surface area contributed by atoms with Crippen molar-refractivity contribution in [2.75, 3.05) is 39.3 Å². The van der Waals surface area contributed by atoms with Gasteiger partial charge in [-0.15, -0.1) is 0 Å². The molecule has 0 unspecified atom stereocenters. The van der Waals surface area contributed by atoms with E-state index in [-0.39, 0.29) is 24.9 Å². The fraction of sp³-hybridized carbons (Fsp3) is 0.474. The highest BCUT2D eigenvalue weighted by atomic mass is 16.3. The van der Waals surface area contributed by atoms with Gasteiger partial charge in [-0.25, -0.2) is 4.79 Å². The van der Waals surface area contributed by atoms with E-state index in [1.807, 2.05) is 24.3 Å². The Morgan fingerprint density at radius 1 is 0.931 bits per heavy atom. The zero-order chi connectivity index (χ0) is 21.2. The molecule has 0 radical (unpaired) electrons. The zero-order valence-electron chi connectivity index (χ0n) is 16.2. The number of rotatable bonds is 8. The van der Waals surface area contributed by atoms with Crippen LogP contribution in [-0.2, 0) is 27.5 Å². The quantitative estimate of drug-likeness (QED) is 0.390. The van der Waals surface area contributed by atoms with Gasteiger partial charge in [0.15, 0.2) is 0 Å². The van der Waals surface area contributed by atoms with Crippen molar-refractivity contribution < 1.29 is 24.3 Å². The van der Waals surface area contributed by atoms with Crippen LogP contribution in [0.25, 0.3) is 0 Å². The van der Waals surface area contributed by atoms with Crippen LogP contribution in [0.4, 0.5) is 4.79 Å². The van der Waals surface area contributed by atoms with Gasteiger partial charge in [-0.3, -0.25) is 14.4 Å². The summed E-state index contributed by atoms with van der Waals surface area (Å²) >= 11 is 0. The molecule has 0 atom stereocenters. The molecule has 2 rings (SSSR count). The fourth-order valence-electron chi connectivity index (χ4n) is 2.85. The van der Waals surface area contributed by atoms with E-state index in [9.17, 15) is 19.2 Å². The number of nitrogens with one attached hydrogen (secondary N) is 2. The summed E-state index contributed by atoms with van der Waals surface area (Å²) in [7, 11) is 0. The van der Waals surface area contributed by atoms with Crippen LogP contribution < -0.4 is 16.4 Å². The lowest BCUT2D eigenvalue weighted by atomic mass is 10.1. The van der Waals surface area contributed by atoms with E-state index in [1.54, 1.807) is 9.80 Å². The third-order valence-electron chi connectivity index (χ3n) is 4.64. The third-order valence-corrected chi connectivity index (χ3v) is 4.64. The van der Waals surface area contributed by atoms with Crippen molar-refractivity contribution >= 4 is 23.6 Å². The van der Waals surface area contributed by atoms with E-state index in [2.05, 4.69) is 10.6 Å². The van der Waals surface area contributed by atoms with Crippen LogP contribution in [-0.4, -0.2) is 77.9 Å². The van der Waals surface area contributed by atoms with Crippen LogP contribution in [0, 0.1) is 0 Å². The van der Waals surface area contributed by atoms with Crippen LogP contribution >= 0.6 is 0 Å². The Balaban J connectivity index is 1.67. The minimum absolute atomic E-state index is 0.0209. The van der Waals surface area contributed by atoms with Crippen LogP contribution in [0.1, 0.15) is 17.5 Å². The van der Waals surface area contributed by atoms with Crippen molar-refractivity contribution in [1.29, 1.82) is 0 Å². The molecular weight excluding hydrogens is 378 g/mol. The number of hydrogen-bond donors (Lipinski definition) is 4. The maximum absolute atomic E-state index is 12.3. The topological polar surface area (TPSA) is 145 Å². The molecular formula is C19H27N5O5. The van der Waals surface area contributed by atoms with Gasteiger partial charge in [-0.05, 0) is 11.1 Å². The van der Waals surface area contributed by atoms with E-state index in [0.29, 0.717) is 39.3 Å². The van der Waals surface area contributed by atoms with Gasteiger partial charge >= 0.3 is 6.03 Å². The average molecular weight is 405 g/mol. The smallest absolute Gasteiger partial charge is 0.317 e. The van der Waals surface area contributed by atoms with E-state index >= 15 is 0 Å². The average Bonchev–Trinajstić information content (AvgIpc) is 2.77. The molecule has 0 aromatic heterocycles. The van der Waals surface area contributed by atoms with E-state index in [0.717, 1.165) is 11.1 Å². The first-order valence-electron chi connectivity index (χ1n) is 9.45. The monoisotopic (exact) mass is 405 g/mol. The number of aliphatic hydroxyl groups is 1. The number of urea groups is 1. The molecule has 0 spiro atoms. The number of ketones is 1. The maximum atomic E-state index is 12.3. The van der Waals surface area contributed by atoms with Crippen molar-refractivity contribution in [3.05, 3.63) is 35.4 Å². The number of aliphatic hydroxyl groups excluding tert-OH is 1. The van der Waals surface area contributed by atoms with Gasteiger partial charge in [-0.1, -0.05) is 24.3 Å². The van der Waals surface area contributed by atoms with E-state index in [1.165, 1.54) is 0 Å². The number of hydrogen-bond acceptors (Lipinski definition) is 6. The SMILES string of the molecule is NCc1ccc(CNC(=O)N2CCN(C(=O)CCNC(=O)C(=O)CO)CC2)cc1. The second-order valence-electron chi connectivity index (χ2n) is 6.63. The van der Waals surface area contributed by atoms with Gasteiger partial charge in [-0.2, -0.15) is 0 Å². The lowest BCUT2D eigenvalue weighted by Crippen LogP contribution is -2.53. The normalized spacial score (nSPS) is 13.7. The highest BCUT2D eigenvalue weighted by Crippen LogP contribution is 2.06. The Morgan fingerprint density at radius 2 is 1.52 bits per heavy atom. The predicted octanol–water partition coefficient (Wildman–Crippen LogP) is -1.43. The van der Waals surface area contributed by atoms with Gasteiger partial charge < -0.3 is 31.3 Å². The van der Waals surface area contributed by atoms with Crippen LogP contribution in [0.3, 0.4) is 0 Å². The summed E-state index contributed by atoms with van der Waals surface area (Å²) in [6.45, 7) is 1.69. The molecule has 5 N–H and O–H groups in total. The van der Waals surface area contributed by atoms with Gasteiger partial charge in [0.05, 0.1) is 0 Å². The summed E-state index contributed by atoms with van der Waals surface area (Å²) in [4.78, 5) is 49.9. The summed E-state index contributed by atoms with van der Waals surface area (Å²) in [5, 5.41) is 13.7. The van der Waals surface area contributed by atoms with Crippen LogP contribution in [0.5, 0.6) is 0 Å². The van der Waals surface area contributed by atoms with Crippen molar-refractivity contribution in [2.45, 2.75) is 19.5 Å². The second-order valence-corrected chi connectivity index (χ2v) is 6.63. The van der Waals surface area contributed by atoms with Crippen molar-refractivity contribution in [3.63, 3.8) is 0 Å². The lowest BCUT2D eigenvalue weighted by molar-refractivity contribution is -0.139.